The Kier molecular flexibility index (Phi) is 10.5. The molecule has 0 aliphatic carbocycles. The number of unbranched alkanes of at least 4 members (excludes halogenated alkanes) is 1. The summed E-state index contributed by atoms with van der Waals surface area (Å²) in [6.07, 6.45) is 4.10. The van der Waals surface area contributed by atoms with Gasteiger partial charge in [-0.3, -0.25) is 9.69 Å². The van der Waals surface area contributed by atoms with E-state index in [2.05, 4.69) is 16.7 Å². The topological polar surface area (TPSA) is 70.7 Å². The number of hydrogen-bond donors (Lipinski definition) is 2. The van der Waals surface area contributed by atoms with E-state index in [9.17, 15) is 9.59 Å². The highest BCUT2D eigenvalue weighted by atomic mass is 35.5. The Morgan fingerprint density at radius 3 is 2.69 bits per heavy atom. The largest absolute Gasteiger partial charge is 0.496 e. The van der Waals surface area contributed by atoms with Crippen molar-refractivity contribution in [2.75, 3.05) is 38.2 Å². The summed E-state index contributed by atoms with van der Waals surface area (Å²) in [5.74, 6) is 1.10. The summed E-state index contributed by atoms with van der Waals surface area (Å²) < 4.78 is 5.38. The molecule has 0 bridgehead atoms. The summed E-state index contributed by atoms with van der Waals surface area (Å²) in [4.78, 5) is 26.5. The number of nitrogens with one attached hydrogen (secondary N) is 2. The third kappa shape index (κ3) is 6.71. The number of benzene rings is 2. The van der Waals surface area contributed by atoms with Crippen LogP contribution in [0.5, 0.6) is 5.75 Å². The third-order valence-corrected chi connectivity index (χ3v) is 5.64. The number of methoxy groups -OCH3 is 1. The molecule has 6 nitrogen and oxygen atoms in total. The van der Waals surface area contributed by atoms with Gasteiger partial charge < -0.3 is 15.4 Å². The Morgan fingerprint density at radius 2 is 1.91 bits per heavy atom. The molecule has 2 aromatic rings. The lowest BCUT2D eigenvalue weighted by molar-refractivity contribution is 0.0979. The molecule has 0 unspecified atom stereocenters. The monoisotopic (exact) mass is 459 g/mol. The first-order valence-electron chi connectivity index (χ1n) is 11.2. The van der Waals surface area contributed by atoms with E-state index in [1.807, 2.05) is 43.3 Å². The van der Waals surface area contributed by atoms with Gasteiger partial charge >= 0.3 is 6.03 Å². The van der Waals surface area contributed by atoms with E-state index in [0.717, 1.165) is 61.3 Å². The summed E-state index contributed by atoms with van der Waals surface area (Å²) in [5.41, 5.74) is 3.95. The zero-order valence-corrected chi connectivity index (χ0v) is 19.8. The lowest BCUT2D eigenvalue weighted by atomic mass is 10.0. The molecular weight excluding hydrogens is 426 g/mol. The van der Waals surface area contributed by atoms with Crippen molar-refractivity contribution in [3.8, 4) is 5.75 Å². The third-order valence-electron chi connectivity index (χ3n) is 5.64. The number of carbonyl (C=O) groups is 2. The van der Waals surface area contributed by atoms with Crippen LogP contribution in [-0.4, -0.2) is 45.1 Å². The van der Waals surface area contributed by atoms with Crippen molar-refractivity contribution >= 4 is 29.9 Å². The Balaban J connectivity index is 0.00000363. The molecule has 1 aliphatic heterocycles. The molecule has 0 fully saturated rings. The normalized spacial score (nSPS) is 12.1. The molecule has 0 spiro atoms. The van der Waals surface area contributed by atoms with Gasteiger partial charge in [0.05, 0.1) is 7.11 Å². The SMILES string of the molecule is CCNC(=O)N1CCc2cc(C(=O)CCCCNCCc3ccccc3OC)ccc21.Cl. The molecule has 3 rings (SSSR count). The number of nitrogens with zero attached hydrogens (tertiary/aromatic N) is 1. The van der Waals surface area contributed by atoms with Gasteiger partial charge in [0.15, 0.2) is 5.78 Å². The predicted octanol–water partition coefficient (Wildman–Crippen LogP) is 4.39. The predicted molar refractivity (Wildman–Crippen MR) is 132 cm³/mol. The van der Waals surface area contributed by atoms with Crippen molar-refractivity contribution in [3.05, 3.63) is 59.2 Å². The number of para-hydroxylation sites is 1. The maximum Gasteiger partial charge on any atom is 0.321 e. The van der Waals surface area contributed by atoms with E-state index in [1.54, 1.807) is 12.0 Å². The quantitative estimate of drug-likeness (QED) is 0.386. The number of amides is 2. The molecule has 0 aromatic heterocycles. The van der Waals surface area contributed by atoms with Crippen molar-refractivity contribution in [3.63, 3.8) is 0 Å². The zero-order chi connectivity index (χ0) is 22.1. The molecule has 0 saturated heterocycles. The van der Waals surface area contributed by atoms with E-state index < -0.39 is 0 Å². The highest BCUT2D eigenvalue weighted by molar-refractivity contribution is 5.99. The van der Waals surface area contributed by atoms with Crippen LogP contribution < -0.4 is 20.3 Å². The highest BCUT2D eigenvalue weighted by Crippen LogP contribution is 2.29. The second kappa shape index (κ2) is 13.1. The van der Waals surface area contributed by atoms with Crippen LogP contribution in [0.3, 0.4) is 0 Å². The fourth-order valence-electron chi connectivity index (χ4n) is 3.97. The first kappa shape index (κ1) is 25.7. The molecule has 2 N–H and O–H groups in total. The maximum absolute atomic E-state index is 12.6. The number of fused-ring (bicyclic) bond motifs is 1. The van der Waals surface area contributed by atoms with Crippen LogP contribution >= 0.6 is 12.4 Å². The van der Waals surface area contributed by atoms with E-state index in [0.29, 0.717) is 19.5 Å². The van der Waals surface area contributed by atoms with Crippen LogP contribution in [-0.2, 0) is 12.8 Å². The number of urea groups is 1. The van der Waals surface area contributed by atoms with Crippen LogP contribution in [0.4, 0.5) is 10.5 Å². The number of halogens is 1. The molecule has 7 heteroatoms. The van der Waals surface area contributed by atoms with Crippen LogP contribution in [0.2, 0.25) is 0 Å². The molecule has 1 heterocycles. The van der Waals surface area contributed by atoms with E-state index in [1.165, 1.54) is 5.56 Å². The summed E-state index contributed by atoms with van der Waals surface area (Å²) >= 11 is 0. The van der Waals surface area contributed by atoms with Gasteiger partial charge in [0.1, 0.15) is 5.75 Å². The lowest BCUT2D eigenvalue weighted by Gasteiger charge is -2.17. The van der Waals surface area contributed by atoms with Gasteiger partial charge in [0.25, 0.3) is 0 Å². The number of ketones is 1. The van der Waals surface area contributed by atoms with Crippen molar-refractivity contribution in [2.45, 2.75) is 39.0 Å². The number of anilines is 1. The van der Waals surface area contributed by atoms with E-state index in [4.69, 9.17) is 4.74 Å². The van der Waals surface area contributed by atoms with Crippen LogP contribution in [0, 0.1) is 0 Å². The molecule has 1 aliphatic rings. The second-order valence-corrected chi connectivity index (χ2v) is 7.77. The molecule has 2 amide bonds. The number of Topliss-reactive ketones (excluding diaryl/α,β-unsaturated/α-hetero) is 1. The van der Waals surface area contributed by atoms with Gasteiger partial charge in [-0.15, -0.1) is 12.4 Å². The highest BCUT2D eigenvalue weighted by Gasteiger charge is 2.25. The molecular formula is C25H34ClN3O3. The summed E-state index contributed by atoms with van der Waals surface area (Å²) in [7, 11) is 1.70. The number of ether oxygens (including phenoxy) is 1. The van der Waals surface area contributed by atoms with E-state index >= 15 is 0 Å². The number of rotatable bonds is 11. The Labute approximate surface area is 197 Å². The Hall–Kier alpha value is -2.57. The van der Waals surface area contributed by atoms with Crippen molar-refractivity contribution in [1.82, 2.24) is 10.6 Å². The van der Waals surface area contributed by atoms with Crippen molar-refractivity contribution in [1.29, 1.82) is 0 Å². The fourth-order valence-corrected chi connectivity index (χ4v) is 3.97. The van der Waals surface area contributed by atoms with Gasteiger partial charge in [-0.05, 0) is 81.1 Å². The summed E-state index contributed by atoms with van der Waals surface area (Å²) in [5, 5.41) is 6.29. The van der Waals surface area contributed by atoms with Gasteiger partial charge in [0.2, 0.25) is 0 Å². The minimum Gasteiger partial charge on any atom is -0.496 e. The molecule has 174 valence electrons. The Bertz CT molecular complexity index is 904. The van der Waals surface area contributed by atoms with Gasteiger partial charge in [0, 0.05) is 30.8 Å². The second-order valence-electron chi connectivity index (χ2n) is 7.77. The molecule has 2 aromatic carbocycles. The zero-order valence-electron chi connectivity index (χ0n) is 19.0. The Morgan fingerprint density at radius 1 is 1.09 bits per heavy atom. The minimum atomic E-state index is -0.0708. The van der Waals surface area contributed by atoms with Gasteiger partial charge in [-0.25, -0.2) is 4.79 Å². The molecule has 0 saturated carbocycles. The van der Waals surface area contributed by atoms with E-state index in [-0.39, 0.29) is 24.2 Å². The minimum absolute atomic E-state index is 0. The van der Waals surface area contributed by atoms with Gasteiger partial charge in [-0.2, -0.15) is 0 Å². The smallest absolute Gasteiger partial charge is 0.321 e. The summed E-state index contributed by atoms with van der Waals surface area (Å²) in [6, 6.07) is 13.7. The number of hydrogen-bond acceptors (Lipinski definition) is 4. The average molecular weight is 460 g/mol. The average Bonchev–Trinajstić information content (AvgIpc) is 3.22. The molecule has 32 heavy (non-hydrogen) atoms. The van der Waals surface area contributed by atoms with Crippen LogP contribution in [0.1, 0.15) is 47.7 Å². The maximum atomic E-state index is 12.6. The fraction of sp³-hybridized carbons (Fsp3) is 0.440. The standard InChI is InChI=1S/C25H33N3O3.ClH/c1-3-27-25(30)28-17-14-20-18-21(11-12-22(20)28)23(29)9-6-7-15-26-16-13-19-8-4-5-10-24(19)31-2;/h4-5,8,10-12,18,26H,3,6-7,9,13-17H2,1-2H3,(H,27,30);1H. The molecule has 0 atom stereocenters. The number of carbonyl (C=O) groups excluding carboxylic acids is 2. The van der Waals surface area contributed by atoms with Crippen molar-refractivity contribution < 1.29 is 14.3 Å². The first-order valence-corrected chi connectivity index (χ1v) is 11.2. The molecule has 0 radical (unpaired) electrons. The summed E-state index contributed by atoms with van der Waals surface area (Å²) in [6.45, 7) is 4.97. The lowest BCUT2D eigenvalue weighted by Crippen LogP contribution is -2.38. The van der Waals surface area contributed by atoms with Crippen molar-refractivity contribution in [2.24, 2.45) is 0 Å². The first-order chi connectivity index (χ1) is 15.1. The van der Waals surface area contributed by atoms with Crippen LogP contribution in [0.15, 0.2) is 42.5 Å². The van der Waals surface area contributed by atoms with Gasteiger partial charge in [-0.1, -0.05) is 18.2 Å². The van der Waals surface area contributed by atoms with Crippen LogP contribution in [0.25, 0.3) is 0 Å².